The van der Waals surface area contributed by atoms with Crippen LogP contribution in [0.15, 0.2) is 71.9 Å². The molecule has 1 aromatic heterocycles. The van der Waals surface area contributed by atoms with Gasteiger partial charge in [0.05, 0.1) is 24.5 Å². The molecule has 0 bridgehead atoms. The van der Waals surface area contributed by atoms with Crippen LogP contribution >= 0.6 is 24.0 Å². The number of hydrogen-bond acceptors (Lipinski definition) is 3. The van der Waals surface area contributed by atoms with Gasteiger partial charge in [0.25, 0.3) is 0 Å². The number of nitrogens with zero attached hydrogens (tertiary/aromatic N) is 3. The molecule has 1 aliphatic heterocycles. The van der Waals surface area contributed by atoms with E-state index in [-0.39, 0.29) is 30.1 Å². The van der Waals surface area contributed by atoms with Gasteiger partial charge in [-0.1, -0.05) is 36.4 Å². The second-order valence-corrected chi connectivity index (χ2v) is 6.71. The van der Waals surface area contributed by atoms with Crippen molar-refractivity contribution >= 4 is 29.9 Å². The highest BCUT2D eigenvalue weighted by atomic mass is 127. The number of fused-ring (bicyclic) bond motifs is 1. The van der Waals surface area contributed by atoms with Gasteiger partial charge in [-0.15, -0.1) is 24.0 Å². The van der Waals surface area contributed by atoms with Gasteiger partial charge in [0.15, 0.2) is 5.96 Å². The van der Waals surface area contributed by atoms with E-state index in [0.717, 1.165) is 36.1 Å². The summed E-state index contributed by atoms with van der Waals surface area (Å²) in [6.07, 6.45) is 3.01. The number of halogens is 1. The number of ether oxygens (including phenoxy) is 1. The first kappa shape index (κ1) is 21.2. The second-order valence-electron chi connectivity index (χ2n) is 6.71. The zero-order chi connectivity index (χ0) is 19.2. The van der Waals surface area contributed by atoms with Gasteiger partial charge in [-0.05, 0) is 36.8 Å². The molecule has 0 aliphatic carbocycles. The molecule has 29 heavy (non-hydrogen) atoms. The van der Waals surface area contributed by atoms with E-state index in [1.807, 2.05) is 59.4 Å². The Morgan fingerprint density at radius 1 is 1.10 bits per heavy atom. The van der Waals surface area contributed by atoms with E-state index < -0.39 is 0 Å². The Balaban J connectivity index is 0.00000240. The number of benzene rings is 2. The van der Waals surface area contributed by atoms with Crippen LogP contribution in [-0.2, 0) is 13.0 Å². The summed E-state index contributed by atoms with van der Waals surface area (Å²) >= 11 is 0. The maximum absolute atomic E-state index is 5.99. The summed E-state index contributed by atoms with van der Waals surface area (Å²) in [7, 11) is 0. The van der Waals surface area contributed by atoms with Crippen LogP contribution in [0.3, 0.4) is 0 Å². The Morgan fingerprint density at radius 3 is 2.69 bits per heavy atom. The lowest BCUT2D eigenvalue weighted by Gasteiger charge is -2.15. The lowest BCUT2D eigenvalue weighted by molar-refractivity contribution is 0.235. The lowest BCUT2D eigenvalue weighted by Crippen LogP contribution is -2.42. The summed E-state index contributed by atoms with van der Waals surface area (Å²) in [5, 5.41) is 11.3. The Morgan fingerprint density at radius 2 is 1.90 bits per heavy atom. The molecule has 152 valence electrons. The number of guanidine groups is 1. The van der Waals surface area contributed by atoms with E-state index in [0.29, 0.717) is 13.1 Å². The standard InChI is InChI=1S/C22H25N5O.HI/c1-2-23-22(25-16-20-14-17-8-6-7-11-21(17)28-20)24-15-18-12-13-27(26-18)19-9-4-3-5-10-19;/h3-13,20H,2,14-16H2,1H3,(H2,23,24,25);1H. The molecule has 0 fully saturated rings. The van der Waals surface area contributed by atoms with Crippen molar-refractivity contribution in [2.45, 2.75) is 26.0 Å². The molecule has 0 saturated heterocycles. The molecule has 3 aromatic rings. The summed E-state index contributed by atoms with van der Waals surface area (Å²) in [6.45, 7) is 4.08. The number of hydrogen-bond donors (Lipinski definition) is 2. The molecule has 1 unspecified atom stereocenters. The average Bonchev–Trinajstić information content (AvgIpc) is 3.37. The Bertz CT molecular complexity index is 916. The van der Waals surface area contributed by atoms with Crippen LogP contribution in [0.1, 0.15) is 18.2 Å². The minimum Gasteiger partial charge on any atom is -0.488 e. The first-order valence-corrected chi connectivity index (χ1v) is 9.68. The van der Waals surface area contributed by atoms with Crippen LogP contribution in [0.4, 0.5) is 0 Å². The second kappa shape index (κ2) is 10.3. The fourth-order valence-electron chi connectivity index (χ4n) is 3.25. The summed E-state index contributed by atoms with van der Waals surface area (Å²) in [6, 6.07) is 20.3. The number of rotatable bonds is 6. The molecule has 4 rings (SSSR count). The van der Waals surface area contributed by atoms with Gasteiger partial charge < -0.3 is 15.4 Å². The van der Waals surface area contributed by atoms with Crippen molar-refractivity contribution in [3.8, 4) is 11.4 Å². The summed E-state index contributed by atoms with van der Waals surface area (Å²) in [5.74, 6) is 1.76. The molecular weight excluding hydrogens is 477 g/mol. The third kappa shape index (κ3) is 5.50. The molecule has 6 nitrogen and oxygen atoms in total. The van der Waals surface area contributed by atoms with E-state index in [4.69, 9.17) is 4.74 Å². The maximum Gasteiger partial charge on any atom is 0.191 e. The minimum atomic E-state index is 0. The molecule has 0 amide bonds. The molecule has 2 heterocycles. The molecular formula is C22H26IN5O. The monoisotopic (exact) mass is 503 g/mol. The molecule has 1 aliphatic rings. The van der Waals surface area contributed by atoms with E-state index in [1.54, 1.807) is 0 Å². The van der Waals surface area contributed by atoms with Crippen molar-refractivity contribution in [2.75, 3.05) is 13.1 Å². The number of aromatic nitrogens is 2. The quantitative estimate of drug-likeness (QED) is 0.307. The first-order chi connectivity index (χ1) is 13.8. The van der Waals surface area contributed by atoms with Crippen molar-refractivity contribution in [1.29, 1.82) is 0 Å². The molecule has 2 aromatic carbocycles. The highest BCUT2D eigenvalue weighted by Crippen LogP contribution is 2.27. The fourth-order valence-corrected chi connectivity index (χ4v) is 3.25. The molecule has 0 saturated carbocycles. The van der Waals surface area contributed by atoms with Gasteiger partial charge in [-0.2, -0.15) is 5.10 Å². The number of nitrogens with one attached hydrogen (secondary N) is 2. The van der Waals surface area contributed by atoms with Gasteiger partial charge in [-0.25, -0.2) is 9.67 Å². The molecule has 7 heteroatoms. The Labute approximate surface area is 188 Å². The fraction of sp³-hybridized carbons (Fsp3) is 0.273. The third-order valence-corrected chi connectivity index (χ3v) is 4.62. The van der Waals surface area contributed by atoms with E-state index in [2.05, 4.69) is 39.8 Å². The highest BCUT2D eigenvalue weighted by Gasteiger charge is 2.22. The van der Waals surface area contributed by atoms with Crippen molar-refractivity contribution in [2.24, 2.45) is 4.99 Å². The SMILES string of the molecule is CCNC(=NCc1ccn(-c2ccccc2)n1)NCC1Cc2ccccc2O1.I. The van der Waals surface area contributed by atoms with Gasteiger partial charge >= 0.3 is 0 Å². The number of para-hydroxylation sites is 2. The Hall–Kier alpha value is -2.55. The van der Waals surface area contributed by atoms with Crippen molar-refractivity contribution in [3.63, 3.8) is 0 Å². The van der Waals surface area contributed by atoms with Crippen molar-refractivity contribution < 1.29 is 4.74 Å². The third-order valence-electron chi connectivity index (χ3n) is 4.62. The Kier molecular flexibility index (Phi) is 7.51. The first-order valence-electron chi connectivity index (χ1n) is 9.68. The highest BCUT2D eigenvalue weighted by molar-refractivity contribution is 14.0. The van der Waals surface area contributed by atoms with Crippen LogP contribution in [0.2, 0.25) is 0 Å². The zero-order valence-corrected chi connectivity index (χ0v) is 18.7. The van der Waals surface area contributed by atoms with E-state index in [9.17, 15) is 0 Å². The van der Waals surface area contributed by atoms with E-state index in [1.165, 1.54) is 5.56 Å². The topological polar surface area (TPSA) is 63.5 Å². The zero-order valence-electron chi connectivity index (χ0n) is 16.4. The smallest absolute Gasteiger partial charge is 0.191 e. The van der Waals surface area contributed by atoms with Crippen molar-refractivity contribution in [1.82, 2.24) is 20.4 Å². The predicted molar refractivity (Wildman–Crippen MR) is 126 cm³/mol. The normalized spacial score (nSPS) is 15.2. The van der Waals surface area contributed by atoms with E-state index >= 15 is 0 Å². The maximum atomic E-state index is 5.99. The van der Waals surface area contributed by atoms with Gasteiger partial charge in [0.1, 0.15) is 11.9 Å². The molecule has 2 N–H and O–H groups in total. The number of aliphatic imine (C=N–C) groups is 1. The van der Waals surface area contributed by atoms with Crippen LogP contribution in [0, 0.1) is 0 Å². The van der Waals surface area contributed by atoms with Crippen molar-refractivity contribution in [3.05, 3.63) is 78.1 Å². The molecule has 1 atom stereocenters. The van der Waals surface area contributed by atoms with Crippen LogP contribution in [-0.4, -0.2) is 34.9 Å². The van der Waals surface area contributed by atoms with Gasteiger partial charge in [0, 0.05) is 19.2 Å². The minimum absolute atomic E-state index is 0. The summed E-state index contributed by atoms with van der Waals surface area (Å²) in [4.78, 5) is 4.66. The largest absolute Gasteiger partial charge is 0.488 e. The van der Waals surface area contributed by atoms with Gasteiger partial charge in [0.2, 0.25) is 0 Å². The van der Waals surface area contributed by atoms with Crippen LogP contribution in [0.25, 0.3) is 5.69 Å². The van der Waals surface area contributed by atoms with Crippen LogP contribution in [0.5, 0.6) is 5.75 Å². The predicted octanol–water partition coefficient (Wildman–Crippen LogP) is 3.55. The summed E-state index contributed by atoms with van der Waals surface area (Å²) in [5.41, 5.74) is 3.23. The average molecular weight is 503 g/mol. The molecule has 0 spiro atoms. The van der Waals surface area contributed by atoms with Gasteiger partial charge in [-0.3, -0.25) is 0 Å². The lowest BCUT2D eigenvalue weighted by atomic mass is 10.1. The summed E-state index contributed by atoms with van der Waals surface area (Å²) < 4.78 is 7.86. The van der Waals surface area contributed by atoms with Crippen LogP contribution < -0.4 is 15.4 Å². The molecule has 0 radical (unpaired) electrons.